The molecule has 0 fully saturated rings. The maximum atomic E-state index is 5.49. The predicted molar refractivity (Wildman–Crippen MR) is 90.8 cm³/mol. The van der Waals surface area contributed by atoms with E-state index in [0.717, 1.165) is 17.3 Å². The first-order valence-corrected chi connectivity index (χ1v) is 8.54. The molecule has 2 aromatic heterocycles. The van der Waals surface area contributed by atoms with Crippen LogP contribution in [0.1, 0.15) is 0 Å². The highest BCUT2D eigenvalue weighted by atomic mass is 32.2. The second-order valence-electron chi connectivity index (χ2n) is 3.98. The number of thioether (sulfide) groups is 2. The van der Waals surface area contributed by atoms with Gasteiger partial charge in [-0.2, -0.15) is 41.7 Å². The molecule has 0 radical (unpaired) electrons. The number of rotatable bonds is 8. The normalized spacial score (nSPS) is 10.6. The van der Waals surface area contributed by atoms with Gasteiger partial charge in [0.15, 0.2) is 5.16 Å². The van der Waals surface area contributed by atoms with Crippen LogP contribution in [0.15, 0.2) is 5.16 Å². The molecule has 11 nitrogen and oxygen atoms in total. The maximum Gasteiger partial charge on any atom is 0.323 e. The van der Waals surface area contributed by atoms with E-state index in [1.54, 1.807) is 11.8 Å². The summed E-state index contributed by atoms with van der Waals surface area (Å²) in [7, 11) is 0. The number of nitrogens with two attached hydrogens (primary N) is 4. The summed E-state index contributed by atoms with van der Waals surface area (Å²) in [5.74, 6) is 2.75. The second-order valence-corrected chi connectivity index (χ2v) is 6.26. The summed E-state index contributed by atoms with van der Waals surface area (Å²) in [4.78, 5) is 23.0. The van der Waals surface area contributed by atoms with Crippen molar-refractivity contribution in [3.63, 3.8) is 0 Å². The zero-order valence-electron chi connectivity index (χ0n) is 12.0. The Bertz CT molecular complexity index is 562. The maximum absolute atomic E-state index is 5.49. The van der Waals surface area contributed by atoms with Crippen molar-refractivity contribution < 1.29 is 4.74 Å². The van der Waals surface area contributed by atoms with Crippen molar-refractivity contribution in [2.45, 2.75) is 5.16 Å². The number of aromatic nitrogens is 6. The van der Waals surface area contributed by atoms with Gasteiger partial charge in [0.25, 0.3) is 0 Å². The lowest BCUT2D eigenvalue weighted by molar-refractivity contribution is 0.316. The predicted octanol–water partition coefficient (Wildman–Crippen LogP) is -0.710. The van der Waals surface area contributed by atoms with Crippen molar-refractivity contribution in [3.05, 3.63) is 0 Å². The van der Waals surface area contributed by atoms with E-state index < -0.39 is 0 Å². The van der Waals surface area contributed by atoms with Crippen LogP contribution in [0.4, 0.5) is 23.8 Å². The molecule has 0 aliphatic rings. The van der Waals surface area contributed by atoms with E-state index in [1.807, 2.05) is 0 Å². The van der Waals surface area contributed by atoms with Crippen LogP contribution in [0.25, 0.3) is 0 Å². The molecule has 0 atom stereocenters. The highest BCUT2D eigenvalue weighted by Gasteiger charge is 2.04. The van der Waals surface area contributed by atoms with Crippen molar-refractivity contribution in [2.75, 3.05) is 46.8 Å². The minimum atomic E-state index is 0.0347. The van der Waals surface area contributed by atoms with Crippen LogP contribution in [-0.4, -0.2) is 53.8 Å². The van der Waals surface area contributed by atoms with Gasteiger partial charge < -0.3 is 27.7 Å². The highest BCUT2D eigenvalue weighted by molar-refractivity contribution is 8.02. The van der Waals surface area contributed by atoms with Crippen LogP contribution in [0.3, 0.4) is 0 Å². The van der Waals surface area contributed by atoms with E-state index in [1.165, 1.54) is 11.8 Å². The summed E-state index contributed by atoms with van der Waals surface area (Å²) in [5.41, 5.74) is 21.9. The zero-order valence-corrected chi connectivity index (χ0v) is 13.7. The van der Waals surface area contributed by atoms with Crippen LogP contribution in [0, 0.1) is 0 Å². The fourth-order valence-corrected chi connectivity index (χ4v) is 3.10. The van der Waals surface area contributed by atoms with Crippen LogP contribution in [0.2, 0.25) is 0 Å². The summed E-state index contributed by atoms with van der Waals surface area (Å²) in [5, 5.41) is 0.517. The lowest BCUT2D eigenvalue weighted by Crippen LogP contribution is -2.09. The molecule has 124 valence electrons. The fourth-order valence-electron chi connectivity index (χ4n) is 1.39. The molecule has 8 N–H and O–H groups in total. The molecule has 23 heavy (non-hydrogen) atoms. The van der Waals surface area contributed by atoms with Crippen LogP contribution < -0.4 is 27.7 Å². The zero-order chi connectivity index (χ0) is 16.7. The fraction of sp³-hybridized carbons (Fsp3) is 0.400. The monoisotopic (exact) mass is 356 g/mol. The summed E-state index contributed by atoms with van der Waals surface area (Å²) in [6.45, 7) is 0.434. The Hall–Kier alpha value is -2.28. The first-order valence-electron chi connectivity index (χ1n) is 6.40. The van der Waals surface area contributed by atoms with Crippen molar-refractivity contribution >= 4 is 47.3 Å². The van der Waals surface area contributed by atoms with Gasteiger partial charge >= 0.3 is 6.01 Å². The SMILES string of the molecule is Nc1nc(N)nc(OCCSCCSc2nc(N)nc(N)n2)n1. The van der Waals surface area contributed by atoms with Gasteiger partial charge in [-0.25, -0.2) is 0 Å². The number of nitrogen functional groups attached to an aromatic ring is 4. The Morgan fingerprint density at radius 2 is 1.26 bits per heavy atom. The summed E-state index contributed by atoms with van der Waals surface area (Å²) in [6.07, 6.45) is 0. The lowest BCUT2D eigenvalue weighted by atomic mass is 10.8. The minimum absolute atomic E-state index is 0.0347. The molecular formula is C10H16N10OS2. The average Bonchev–Trinajstić information content (AvgIpc) is 2.44. The van der Waals surface area contributed by atoms with Crippen molar-refractivity contribution in [2.24, 2.45) is 0 Å². The van der Waals surface area contributed by atoms with Gasteiger partial charge in [-0.05, 0) is 0 Å². The third-order valence-electron chi connectivity index (χ3n) is 2.22. The van der Waals surface area contributed by atoms with Crippen LogP contribution in [-0.2, 0) is 0 Å². The van der Waals surface area contributed by atoms with E-state index in [-0.39, 0.29) is 29.8 Å². The molecule has 0 aliphatic carbocycles. The Balaban J connectivity index is 1.60. The summed E-state index contributed by atoms with van der Waals surface area (Å²) < 4.78 is 5.35. The third kappa shape index (κ3) is 6.15. The molecule has 13 heteroatoms. The molecule has 0 aromatic carbocycles. The summed E-state index contributed by atoms with van der Waals surface area (Å²) >= 11 is 3.15. The lowest BCUT2D eigenvalue weighted by Gasteiger charge is -2.05. The van der Waals surface area contributed by atoms with Gasteiger partial charge in [0.1, 0.15) is 6.61 Å². The van der Waals surface area contributed by atoms with Crippen LogP contribution >= 0.6 is 23.5 Å². The Kier molecular flexibility index (Phi) is 6.22. The van der Waals surface area contributed by atoms with Crippen LogP contribution in [0.5, 0.6) is 6.01 Å². The number of ether oxygens (including phenoxy) is 1. The van der Waals surface area contributed by atoms with E-state index in [2.05, 4.69) is 29.9 Å². The van der Waals surface area contributed by atoms with Gasteiger partial charge in [0.2, 0.25) is 23.8 Å². The molecule has 0 amide bonds. The number of hydrogen-bond donors (Lipinski definition) is 4. The smallest absolute Gasteiger partial charge is 0.323 e. The molecule has 2 aromatic rings. The molecular weight excluding hydrogens is 340 g/mol. The Morgan fingerprint density at radius 1 is 0.696 bits per heavy atom. The van der Waals surface area contributed by atoms with Gasteiger partial charge in [0.05, 0.1) is 0 Å². The average molecular weight is 356 g/mol. The van der Waals surface area contributed by atoms with E-state index in [0.29, 0.717) is 11.8 Å². The molecule has 0 unspecified atom stereocenters. The van der Waals surface area contributed by atoms with E-state index in [9.17, 15) is 0 Å². The summed E-state index contributed by atoms with van der Waals surface area (Å²) in [6, 6.07) is 0.126. The molecule has 0 bridgehead atoms. The number of nitrogens with zero attached hydrogens (tertiary/aromatic N) is 6. The molecule has 2 heterocycles. The molecule has 0 saturated heterocycles. The largest absolute Gasteiger partial charge is 0.462 e. The number of anilines is 4. The highest BCUT2D eigenvalue weighted by Crippen LogP contribution is 2.16. The minimum Gasteiger partial charge on any atom is -0.462 e. The third-order valence-corrected chi connectivity index (χ3v) is 4.27. The van der Waals surface area contributed by atoms with Gasteiger partial charge in [-0.3, -0.25) is 0 Å². The molecule has 0 spiro atoms. The second kappa shape index (κ2) is 8.38. The molecule has 2 rings (SSSR count). The first-order chi connectivity index (χ1) is 11.0. The van der Waals surface area contributed by atoms with E-state index in [4.69, 9.17) is 27.7 Å². The topological polar surface area (TPSA) is 191 Å². The van der Waals surface area contributed by atoms with Gasteiger partial charge in [0, 0.05) is 17.3 Å². The van der Waals surface area contributed by atoms with Gasteiger partial charge in [-0.15, -0.1) is 0 Å². The van der Waals surface area contributed by atoms with Gasteiger partial charge in [-0.1, -0.05) is 11.8 Å². The Morgan fingerprint density at radius 3 is 1.87 bits per heavy atom. The van der Waals surface area contributed by atoms with E-state index >= 15 is 0 Å². The van der Waals surface area contributed by atoms with Crippen molar-refractivity contribution in [1.82, 2.24) is 29.9 Å². The van der Waals surface area contributed by atoms with Crippen molar-refractivity contribution in [1.29, 1.82) is 0 Å². The quantitative estimate of drug-likeness (QED) is 0.343. The standard InChI is InChI=1S/C10H16N10OS2/c11-5-15-6(12)18-9(17-5)21-1-2-22-3-4-23-10-19-7(13)16-8(14)20-10/h1-4H2,(H4,11,12,15,17,18)(H4,13,14,16,19,20). The Labute approximate surface area is 140 Å². The first kappa shape index (κ1) is 17.1. The number of hydrogen-bond acceptors (Lipinski definition) is 13. The molecule has 0 aliphatic heterocycles. The molecule has 0 saturated carbocycles. The van der Waals surface area contributed by atoms with Crippen molar-refractivity contribution in [3.8, 4) is 6.01 Å².